The van der Waals surface area contributed by atoms with Crippen molar-refractivity contribution in [2.75, 3.05) is 20.8 Å². The minimum absolute atomic E-state index is 0.221. The molecule has 21 heavy (non-hydrogen) atoms. The second-order valence-corrected chi connectivity index (χ2v) is 5.12. The van der Waals surface area contributed by atoms with Crippen molar-refractivity contribution >= 4 is 0 Å². The van der Waals surface area contributed by atoms with Crippen molar-refractivity contribution in [1.29, 1.82) is 0 Å². The number of hydrogen-bond donors (Lipinski definition) is 0. The van der Waals surface area contributed by atoms with Crippen LogP contribution in [-0.4, -0.2) is 33.0 Å². The van der Waals surface area contributed by atoms with Crippen molar-refractivity contribution in [3.05, 3.63) is 48.3 Å². The molecule has 0 aromatic carbocycles. The molecule has 1 aliphatic carbocycles. The van der Waals surface area contributed by atoms with E-state index in [1.165, 1.54) is 0 Å². The number of methoxy groups -OCH3 is 2. The molecule has 0 saturated carbocycles. The van der Waals surface area contributed by atoms with Crippen LogP contribution in [0.2, 0.25) is 0 Å². The zero-order valence-corrected chi connectivity index (χ0v) is 13.3. The highest BCUT2D eigenvalue weighted by Gasteiger charge is 2.09. The highest BCUT2D eigenvalue weighted by Crippen LogP contribution is 2.15. The monoisotopic (exact) mass is 290 g/mol. The molecule has 0 heterocycles. The average molecular weight is 290 g/mol. The van der Waals surface area contributed by atoms with Crippen LogP contribution in [0.1, 0.15) is 32.6 Å². The van der Waals surface area contributed by atoms with Crippen LogP contribution in [0.4, 0.5) is 0 Å². The molecule has 1 aliphatic rings. The van der Waals surface area contributed by atoms with Crippen LogP contribution in [0.3, 0.4) is 0 Å². The second kappa shape index (κ2) is 10.3. The molecular formula is C18H26O3. The lowest BCUT2D eigenvalue weighted by Gasteiger charge is -2.18. The summed E-state index contributed by atoms with van der Waals surface area (Å²) in [5.41, 5.74) is 3.98. The predicted octanol–water partition coefficient (Wildman–Crippen LogP) is 3.79. The van der Waals surface area contributed by atoms with Crippen molar-refractivity contribution in [3.8, 4) is 0 Å². The van der Waals surface area contributed by atoms with Gasteiger partial charge >= 0.3 is 0 Å². The first-order valence-corrected chi connectivity index (χ1v) is 7.44. The van der Waals surface area contributed by atoms with E-state index in [0.29, 0.717) is 12.7 Å². The molecule has 2 unspecified atom stereocenters. The SMILES string of the molecule is [CH+]=CC1=CC(OCCC(CCCC(C)OC)OC)=C=C[CH-]1. The first kappa shape index (κ1) is 17.6. The van der Waals surface area contributed by atoms with E-state index in [0.717, 1.165) is 37.0 Å². The van der Waals surface area contributed by atoms with Gasteiger partial charge in [0, 0.05) is 20.6 Å². The van der Waals surface area contributed by atoms with E-state index in [2.05, 4.69) is 12.7 Å². The molecule has 0 N–H and O–H groups in total. The summed E-state index contributed by atoms with van der Waals surface area (Å²) < 4.78 is 16.4. The van der Waals surface area contributed by atoms with Gasteiger partial charge in [0.2, 0.25) is 0 Å². The summed E-state index contributed by atoms with van der Waals surface area (Å²) in [5.74, 6) is 0.719. The highest BCUT2D eigenvalue weighted by molar-refractivity contribution is 5.38. The molecule has 0 aromatic heterocycles. The maximum atomic E-state index is 5.69. The third-order valence-corrected chi connectivity index (χ3v) is 3.56. The Morgan fingerprint density at radius 3 is 2.76 bits per heavy atom. The van der Waals surface area contributed by atoms with E-state index in [1.807, 2.05) is 18.6 Å². The molecule has 0 spiro atoms. The van der Waals surface area contributed by atoms with Gasteiger partial charge in [-0.15, -0.1) is 0 Å². The van der Waals surface area contributed by atoms with E-state index in [-0.39, 0.29) is 6.10 Å². The van der Waals surface area contributed by atoms with E-state index in [9.17, 15) is 0 Å². The van der Waals surface area contributed by atoms with Crippen LogP contribution in [0.15, 0.2) is 35.3 Å². The second-order valence-electron chi connectivity index (χ2n) is 5.12. The van der Waals surface area contributed by atoms with Crippen LogP contribution >= 0.6 is 0 Å². The van der Waals surface area contributed by atoms with Gasteiger partial charge in [-0.2, -0.15) is 5.73 Å². The van der Waals surface area contributed by atoms with Gasteiger partial charge in [0.05, 0.1) is 30.6 Å². The van der Waals surface area contributed by atoms with Crippen molar-refractivity contribution in [3.63, 3.8) is 0 Å². The van der Waals surface area contributed by atoms with Crippen molar-refractivity contribution in [2.45, 2.75) is 44.8 Å². The Balaban J connectivity index is 2.24. The molecule has 0 bridgehead atoms. The van der Waals surface area contributed by atoms with Gasteiger partial charge in [-0.3, -0.25) is 0 Å². The van der Waals surface area contributed by atoms with E-state index >= 15 is 0 Å². The molecule has 1 rings (SSSR count). The zero-order chi connectivity index (χ0) is 15.5. The quantitative estimate of drug-likeness (QED) is 0.428. The van der Waals surface area contributed by atoms with Gasteiger partial charge in [0.25, 0.3) is 0 Å². The zero-order valence-electron chi connectivity index (χ0n) is 13.3. The highest BCUT2D eigenvalue weighted by atomic mass is 16.5. The summed E-state index contributed by atoms with van der Waals surface area (Å²) in [6.07, 6.45) is 11.7. The molecule has 116 valence electrons. The number of hydrogen-bond acceptors (Lipinski definition) is 3. The fourth-order valence-electron chi connectivity index (χ4n) is 2.08. The molecule has 0 amide bonds. The number of ether oxygens (including phenoxy) is 3. The molecule has 3 nitrogen and oxygen atoms in total. The van der Waals surface area contributed by atoms with Crippen LogP contribution < -0.4 is 0 Å². The number of allylic oxidation sites excluding steroid dienone is 3. The molecule has 0 radical (unpaired) electrons. The Labute approximate surface area is 129 Å². The first-order valence-electron chi connectivity index (χ1n) is 7.44. The largest absolute Gasteiger partial charge is 0.504 e. The summed E-state index contributed by atoms with van der Waals surface area (Å²) in [4.78, 5) is 0. The molecule has 0 aromatic rings. The van der Waals surface area contributed by atoms with E-state index in [4.69, 9.17) is 20.8 Å². The third kappa shape index (κ3) is 7.17. The Hall–Kier alpha value is -1.50. The third-order valence-electron chi connectivity index (χ3n) is 3.56. The van der Waals surface area contributed by atoms with Gasteiger partial charge in [0.1, 0.15) is 0 Å². The molecule has 0 saturated heterocycles. The lowest BCUT2D eigenvalue weighted by atomic mass is 10.1. The Morgan fingerprint density at radius 2 is 2.10 bits per heavy atom. The minimum atomic E-state index is 0.221. The normalized spacial score (nSPS) is 16.5. The fraction of sp³-hybridized carbons (Fsp3) is 0.556. The van der Waals surface area contributed by atoms with Gasteiger partial charge in [-0.05, 0) is 44.4 Å². The summed E-state index contributed by atoms with van der Waals surface area (Å²) in [7, 11) is 3.50. The van der Waals surface area contributed by atoms with Gasteiger partial charge < -0.3 is 14.2 Å². The maximum Gasteiger partial charge on any atom is 0.0917 e. The smallest absolute Gasteiger partial charge is 0.0917 e. The lowest BCUT2D eigenvalue weighted by molar-refractivity contribution is 0.0562. The van der Waals surface area contributed by atoms with Crippen LogP contribution in [0, 0.1) is 13.0 Å². The van der Waals surface area contributed by atoms with Crippen molar-refractivity contribution in [1.82, 2.24) is 0 Å². The Kier molecular flexibility index (Phi) is 8.57. The summed E-state index contributed by atoms with van der Waals surface area (Å²) >= 11 is 0. The van der Waals surface area contributed by atoms with Crippen molar-refractivity contribution in [2.24, 2.45) is 0 Å². The topological polar surface area (TPSA) is 27.7 Å². The maximum absolute atomic E-state index is 5.69. The molecule has 2 atom stereocenters. The fourth-order valence-corrected chi connectivity index (χ4v) is 2.08. The average Bonchev–Trinajstić information content (AvgIpc) is 2.53. The number of rotatable bonds is 11. The summed E-state index contributed by atoms with van der Waals surface area (Å²) in [6, 6.07) is 0. The van der Waals surface area contributed by atoms with Crippen LogP contribution in [-0.2, 0) is 14.2 Å². The molecular weight excluding hydrogens is 264 g/mol. The van der Waals surface area contributed by atoms with Gasteiger partial charge in [0.15, 0.2) is 0 Å². The first-order chi connectivity index (χ1) is 10.2. The Bertz CT molecular complexity index is 403. The van der Waals surface area contributed by atoms with E-state index in [1.54, 1.807) is 20.3 Å². The predicted molar refractivity (Wildman–Crippen MR) is 84.5 cm³/mol. The summed E-state index contributed by atoms with van der Waals surface area (Å²) in [5, 5.41) is 0. The Morgan fingerprint density at radius 1 is 1.29 bits per heavy atom. The van der Waals surface area contributed by atoms with Gasteiger partial charge in [-0.1, -0.05) is 12.5 Å². The van der Waals surface area contributed by atoms with Crippen LogP contribution in [0.5, 0.6) is 0 Å². The summed E-state index contributed by atoms with van der Waals surface area (Å²) in [6.45, 7) is 8.18. The standard InChI is InChI=1S/C18H26O3/c1-5-16-9-7-11-18(14-16)21-13-12-17(20-4)10-6-8-15(2)19-3/h1,5,7,9,14-15,17H,6,8,10,12-13H2,2-4H3. The van der Waals surface area contributed by atoms with E-state index < -0.39 is 0 Å². The van der Waals surface area contributed by atoms with Crippen molar-refractivity contribution < 1.29 is 14.2 Å². The molecule has 3 heteroatoms. The molecule has 0 aliphatic heterocycles. The minimum Gasteiger partial charge on any atom is -0.504 e. The lowest BCUT2D eigenvalue weighted by Crippen LogP contribution is -2.15. The van der Waals surface area contributed by atoms with Gasteiger partial charge in [-0.25, -0.2) is 0 Å². The molecule has 0 fully saturated rings. The van der Waals surface area contributed by atoms with Crippen LogP contribution in [0.25, 0.3) is 0 Å².